The average molecular weight is 511 g/mol. The van der Waals surface area contributed by atoms with Crippen molar-refractivity contribution in [3.63, 3.8) is 0 Å². The molecule has 2 aromatic carbocycles. The van der Waals surface area contributed by atoms with Crippen LogP contribution in [-0.4, -0.2) is 42.7 Å². The molecule has 6 nitrogen and oxygen atoms in total. The van der Waals surface area contributed by atoms with Crippen molar-refractivity contribution in [3.05, 3.63) is 69.6 Å². The Morgan fingerprint density at radius 1 is 1.17 bits per heavy atom. The van der Waals surface area contributed by atoms with Crippen LogP contribution in [0.5, 0.6) is 5.75 Å². The van der Waals surface area contributed by atoms with Gasteiger partial charge in [-0.05, 0) is 54.8 Å². The number of nitrogens with one attached hydrogen (secondary N) is 1. The van der Waals surface area contributed by atoms with Crippen LogP contribution in [0, 0.1) is 0 Å². The second-order valence-corrected chi connectivity index (χ2v) is 10.6. The van der Waals surface area contributed by atoms with Gasteiger partial charge in [-0.2, -0.15) is 0 Å². The van der Waals surface area contributed by atoms with Crippen LogP contribution in [0.15, 0.2) is 48.5 Å². The number of para-hydroxylation sites is 1. The molecule has 0 saturated heterocycles. The summed E-state index contributed by atoms with van der Waals surface area (Å²) in [5, 5.41) is 13.4. The van der Waals surface area contributed by atoms with Gasteiger partial charge in [0, 0.05) is 29.5 Å². The summed E-state index contributed by atoms with van der Waals surface area (Å²) < 4.78 is 6.00. The molecule has 8 heteroatoms. The summed E-state index contributed by atoms with van der Waals surface area (Å²) in [4.78, 5) is 29.4. The van der Waals surface area contributed by atoms with E-state index in [2.05, 4.69) is 5.32 Å². The lowest BCUT2D eigenvalue weighted by Gasteiger charge is -2.28. The van der Waals surface area contributed by atoms with Crippen molar-refractivity contribution in [2.24, 2.45) is 0 Å². The van der Waals surface area contributed by atoms with Crippen LogP contribution in [0.1, 0.15) is 51.3 Å². The normalized spacial score (nSPS) is 16.0. The number of hydrogen-bond acceptors (Lipinski definition) is 5. The SMILES string of the molecule is CN(C(=O)c1cc2c(s1)-c1ccc(C(=O)NC3(CO)CCCC3)cc1OCC2)c1ccccc1Cl. The van der Waals surface area contributed by atoms with E-state index in [4.69, 9.17) is 16.3 Å². The summed E-state index contributed by atoms with van der Waals surface area (Å²) in [7, 11) is 1.72. The second-order valence-electron chi connectivity index (χ2n) is 9.19. The Hall–Kier alpha value is -2.87. The summed E-state index contributed by atoms with van der Waals surface area (Å²) in [6.07, 6.45) is 4.24. The maximum Gasteiger partial charge on any atom is 0.268 e. The first-order valence-corrected chi connectivity index (χ1v) is 13.0. The Kier molecular flexibility index (Phi) is 6.57. The van der Waals surface area contributed by atoms with E-state index in [1.165, 1.54) is 11.3 Å². The van der Waals surface area contributed by atoms with Crippen molar-refractivity contribution >= 4 is 40.4 Å². The number of anilines is 1. The third-order valence-electron chi connectivity index (χ3n) is 6.90. The number of carbonyl (C=O) groups is 2. The number of carbonyl (C=O) groups excluding carboxylic acids is 2. The zero-order chi connectivity index (χ0) is 24.6. The lowest BCUT2D eigenvalue weighted by atomic mass is 9.98. The van der Waals surface area contributed by atoms with Crippen LogP contribution >= 0.6 is 22.9 Å². The van der Waals surface area contributed by atoms with E-state index in [0.29, 0.717) is 39.9 Å². The second kappa shape index (κ2) is 9.64. The summed E-state index contributed by atoms with van der Waals surface area (Å²) in [5.74, 6) is 0.293. The number of hydrogen-bond donors (Lipinski definition) is 2. The minimum Gasteiger partial charge on any atom is -0.493 e. The third kappa shape index (κ3) is 4.56. The lowest BCUT2D eigenvalue weighted by molar-refractivity contribution is 0.0838. The van der Waals surface area contributed by atoms with E-state index < -0.39 is 5.54 Å². The number of halogens is 1. The summed E-state index contributed by atoms with van der Waals surface area (Å²) in [5.41, 5.74) is 2.54. The van der Waals surface area contributed by atoms with Gasteiger partial charge in [0.1, 0.15) is 5.75 Å². The first-order valence-electron chi connectivity index (χ1n) is 11.8. The number of nitrogens with zero attached hydrogens (tertiary/aromatic N) is 1. The molecule has 3 aromatic rings. The largest absolute Gasteiger partial charge is 0.493 e. The molecule has 0 bridgehead atoms. The van der Waals surface area contributed by atoms with Gasteiger partial charge in [0.15, 0.2) is 0 Å². The molecule has 2 heterocycles. The monoisotopic (exact) mass is 510 g/mol. The van der Waals surface area contributed by atoms with Crippen LogP contribution in [0.4, 0.5) is 5.69 Å². The fourth-order valence-electron chi connectivity index (χ4n) is 4.88. The van der Waals surface area contributed by atoms with Crippen LogP contribution < -0.4 is 15.0 Å². The molecule has 2 N–H and O–H groups in total. The Balaban J connectivity index is 1.42. The number of benzene rings is 2. The zero-order valence-electron chi connectivity index (χ0n) is 19.5. The van der Waals surface area contributed by atoms with Crippen molar-refractivity contribution < 1.29 is 19.4 Å². The number of aliphatic hydroxyl groups is 1. The predicted molar refractivity (Wildman–Crippen MR) is 139 cm³/mol. The summed E-state index contributed by atoms with van der Waals surface area (Å²) in [6.45, 7) is 0.397. The molecule has 0 unspecified atom stereocenters. The number of fused-ring (bicyclic) bond motifs is 3. The Morgan fingerprint density at radius 3 is 2.69 bits per heavy atom. The molecule has 1 fully saturated rings. The number of thiophene rings is 1. The lowest BCUT2D eigenvalue weighted by Crippen LogP contribution is -2.49. The standard InChI is InChI=1S/C27H27ClN2O4S/c1-30(21-7-3-2-6-20(21)28)26(33)23-15-17-10-13-34-22-14-18(8-9-19(22)24(17)35-23)25(32)29-27(16-31)11-4-5-12-27/h2-3,6-9,14-15,31H,4-5,10-13,16H2,1H3,(H,29,32). The molecular weight excluding hydrogens is 484 g/mol. The van der Waals surface area contributed by atoms with E-state index >= 15 is 0 Å². The molecule has 2 aliphatic rings. The van der Waals surface area contributed by atoms with Crippen LogP contribution in [0.3, 0.4) is 0 Å². The van der Waals surface area contributed by atoms with Crippen LogP contribution in [0.2, 0.25) is 5.02 Å². The van der Waals surface area contributed by atoms with Crippen molar-refractivity contribution in [2.75, 3.05) is 25.2 Å². The van der Waals surface area contributed by atoms with Crippen molar-refractivity contribution in [1.82, 2.24) is 5.32 Å². The Morgan fingerprint density at radius 2 is 1.94 bits per heavy atom. The molecule has 5 rings (SSSR count). The molecule has 1 saturated carbocycles. The molecule has 0 atom stereocenters. The quantitative estimate of drug-likeness (QED) is 0.487. The molecule has 0 spiro atoms. The number of ether oxygens (including phenoxy) is 1. The number of rotatable bonds is 5. The van der Waals surface area contributed by atoms with Crippen LogP contribution in [0.25, 0.3) is 10.4 Å². The fraction of sp³-hybridized carbons (Fsp3) is 0.333. The fourth-order valence-corrected chi connectivity index (χ4v) is 6.35. The van der Waals surface area contributed by atoms with Gasteiger partial charge in [-0.1, -0.05) is 36.6 Å². The minimum absolute atomic E-state index is 0.0574. The van der Waals surface area contributed by atoms with E-state index in [9.17, 15) is 14.7 Å². The highest BCUT2D eigenvalue weighted by atomic mass is 35.5. The minimum atomic E-state index is -0.533. The van der Waals surface area contributed by atoms with Gasteiger partial charge in [-0.3, -0.25) is 9.59 Å². The molecule has 1 aliphatic carbocycles. The number of aliphatic hydroxyl groups excluding tert-OH is 1. The van der Waals surface area contributed by atoms with Gasteiger partial charge in [0.25, 0.3) is 11.8 Å². The van der Waals surface area contributed by atoms with Gasteiger partial charge in [0.2, 0.25) is 0 Å². The first-order chi connectivity index (χ1) is 16.9. The van der Waals surface area contributed by atoms with Gasteiger partial charge in [0.05, 0.1) is 34.3 Å². The number of amides is 2. The topological polar surface area (TPSA) is 78.9 Å². The Labute approximate surface area is 213 Å². The van der Waals surface area contributed by atoms with E-state index in [1.807, 2.05) is 30.3 Å². The zero-order valence-corrected chi connectivity index (χ0v) is 21.0. The van der Waals surface area contributed by atoms with Gasteiger partial charge >= 0.3 is 0 Å². The van der Waals surface area contributed by atoms with Gasteiger partial charge in [-0.25, -0.2) is 0 Å². The highest BCUT2D eigenvalue weighted by Gasteiger charge is 2.35. The summed E-state index contributed by atoms with van der Waals surface area (Å²) in [6, 6.07) is 14.6. The molecule has 1 aromatic heterocycles. The molecule has 2 amide bonds. The molecule has 0 radical (unpaired) electrons. The maximum absolute atomic E-state index is 13.3. The molecule has 182 valence electrons. The van der Waals surface area contributed by atoms with Crippen molar-refractivity contribution in [2.45, 2.75) is 37.6 Å². The van der Waals surface area contributed by atoms with Gasteiger partial charge < -0.3 is 20.1 Å². The average Bonchev–Trinajstić information content (AvgIpc) is 3.47. The van der Waals surface area contributed by atoms with Gasteiger partial charge in [-0.15, -0.1) is 11.3 Å². The molecule has 1 aliphatic heterocycles. The van der Waals surface area contributed by atoms with Crippen LogP contribution in [-0.2, 0) is 6.42 Å². The smallest absolute Gasteiger partial charge is 0.268 e. The Bertz CT molecular complexity index is 1280. The van der Waals surface area contributed by atoms with E-state index in [-0.39, 0.29) is 18.4 Å². The highest BCUT2D eigenvalue weighted by molar-refractivity contribution is 7.17. The maximum atomic E-state index is 13.3. The molecule has 35 heavy (non-hydrogen) atoms. The third-order valence-corrected chi connectivity index (χ3v) is 8.42. The van der Waals surface area contributed by atoms with E-state index in [0.717, 1.165) is 41.7 Å². The predicted octanol–water partition coefficient (Wildman–Crippen LogP) is 5.31. The highest BCUT2D eigenvalue weighted by Crippen LogP contribution is 2.42. The molecular formula is C27H27ClN2O4S. The summed E-state index contributed by atoms with van der Waals surface area (Å²) >= 11 is 7.72. The van der Waals surface area contributed by atoms with Crippen molar-refractivity contribution in [1.29, 1.82) is 0 Å². The first kappa shape index (κ1) is 23.9. The van der Waals surface area contributed by atoms with E-state index in [1.54, 1.807) is 30.1 Å². The van der Waals surface area contributed by atoms with Crippen molar-refractivity contribution in [3.8, 4) is 16.2 Å².